The predicted octanol–water partition coefficient (Wildman–Crippen LogP) is 2.63. The maximum atomic E-state index is 14.0. The lowest BCUT2D eigenvalue weighted by Gasteiger charge is -2.38. The number of hydrogen-bond donors (Lipinski definition) is 3. The van der Waals surface area contributed by atoms with E-state index in [1.807, 2.05) is 31.8 Å². The van der Waals surface area contributed by atoms with Crippen LogP contribution >= 0.6 is 11.6 Å². The Morgan fingerprint density at radius 1 is 1.18 bits per heavy atom. The summed E-state index contributed by atoms with van der Waals surface area (Å²) in [4.78, 5) is 41.4. The molecule has 1 aliphatic carbocycles. The second-order valence-electron chi connectivity index (χ2n) is 10.9. The number of halogens is 1. The van der Waals surface area contributed by atoms with Gasteiger partial charge in [0.2, 0.25) is 5.95 Å². The van der Waals surface area contributed by atoms with E-state index < -0.39 is 17.7 Å². The molecule has 3 heterocycles. The number of nitriles is 1. The Morgan fingerprint density at radius 2 is 1.88 bits per heavy atom. The first-order chi connectivity index (χ1) is 19.0. The molecule has 1 unspecified atom stereocenters. The van der Waals surface area contributed by atoms with Gasteiger partial charge in [-0.05, 0) is 51.7 Å². The van der Waals surface area contributed by atoms with E-state index in [1.54, 1.807) is 23.1 Å². The van der Waals surface area contributed by atoms with Crippen molar-refractivity contribution in [3.8, 4) is 6.07 Å². The Morgan fingerprint density at radius 3 is 2.50 bits per heavy atom. The molecule has 2 aromatic heterocycles. The summed E-state index contributed by atoms with van der Waals surface area (Å²) in [6, 6.07) is 6.66. The van der Waals surface area contributed by atoms with Crippen molar-refractivity contribution >= 4 is 46.2 Å². The third kappa shape index (κ3) is 5.40. The average Bonchev–Trinajstić information content (AvgIpc) is 3.71. The first-order valence-electron chi connectivity index (χ1n) is 13.0. The first-order valence-corrected chi connectivity index (χ1v) is 13.4. The lowest BCUT2D eigenvalue weighted by atomic mass is 10.1. The number of carbonyl (C=O) groups is 1. The summed E-state index contributed by atoms with van der Waals surface area (Å²) in [5.41, 5.74) is 11.4. The van der Waals surface area contributed by atoms with Gasteiger partial charge in [0.25, 0.3) is 5.56 Å². The number of rotatable bonds is 5. The zero-order valence-electron chi connectivity index (χ0n) is 22.5. The molecule has 3 aromatic rings. The number of benzene rings is 1. The molecule has 5 N–H and O–H groups in total. The van der Waals surface area contributed by atoms with E-state index in [0.29, 0.717) is 47.9 Å². The van der Waals surface area contributed by atoms with Crippen LogP contribution in [0.3, 0.4) is 0 Å². The van der Waals surface area contributed by atoms with E-state index in [-0.39, 0.29) is 34.6 Å². The summed E-state index contributed by atoms with van der Waals surface area (Å²) >= 11 is 6.47. The lowest BCUT2D eigenvalue weighted by Crippen LogP contribution is -2.57. The van der Waals surface area contributed by atoms with E-state index in [9.17, 15) is 14.9 Å². The van der Waals surface area contributed by atoms with Crippen molar-refractivity contribution < 1.29 is 9.53 Å². The Hall–Kier alpha value is -4.31. The van der Waals surface area contributed by atoms with Crippen LogP contribution in [0.15, 0.2) is 23.0 Å². The number of nitrogen functional groups attached to an aromatic ring is 2. The third-order valence-electron chi connectivity index (χ3n) is 6.77. The molecular formula is C26H31ClN10O3. The number of anilines is 3. The van der Waals surface area contributed by atoms with Gasteiger partial charge in [0, 0.05) is 13.1 Å². The summed E-state index contributed by atoms with van der Waals surface area (Å²) < 4.78 is 7.06. The fourth-order valence-corrected chi connectivity index (χ4v) is 5.01. The summed E-state index contributed by atoms with van der Waals surface area (Å²) in [5.74, 6) is 0.601. The first kappa shape index (κ1) is 27.3. The molecule has 2 fully saturated rings. The molecule has 5 rings (SSSR count). The minimum atomic E-state index is -0.615. The third-order valence-corrected chi connectivity index (χ3v) is 7.09. The quantitative estimate of drug-likeness (QED) is 0.413. The number of nitrogens with one attached hydrogen (secondary N) is 1. The summed E-state index contributed by atoms with van der Waals surface area (Å²) in [6.07, 6.45) is 1.36. The molecule has 1 aliphatic heterocycles. The van der Waals surface area contributed by atoms with Crippen molar-refractivity contribution in [3.05, 3.63) is 45.0 Å². The Balaban J connectivity index is 1.57. The Labute approximate surface area is 235 Å². The number of amides is 1. The molecule has 210 valence electrons. The van der Waals surface area contributed by atoms with Gasteiger partial charge in [-0.15, -0.1) is 0 Å². The number of piperazine rings is 1. The van der Waals surface area contributed by atoms with Crippen LogP contribution in [0.25, 0.3) is 10.9 Å². The molecule has 1 atom stereocenters. The van der Waals surface area contributed by atoms with Gasteiger partial charge in [0.15, 0.2) is 11.6 Å². The van der Waals surface area contributed by atoms with Crippen molar-refractivity contribution in [2.45, 2.75) is 45.3 Å². The largest absolute Gasteiger partial charge is 0.444 e. The van der Waals surface area contributed by atoms with Crippen LogP contribution in [0, 0.1) is 17.2 Å². The van der Waals surface area contributed by atoms with Gasteiger partial charge in [-0.2, -0.15) is 15.2 Å². The molecule has 0 spiro atoms. The van der Waals surface area contributed by atoms with Crippen LogP contribution in [-0.2, 0) is 4.74 Å². The fraction of sp³-hybridized carbons (Fsp3) is 0.462. The molecule has 2 aliphatic rings. The van der Waals surface area contributed by atoms with Gasteiger partial charge < -0.3 is 31.4 Å². The highest BCUT2D eigenvalue weighted by molar-refractivity contribution is 6.35. The Kier molecular flexibility index (Phi) is 7.05. The highest BCUT2D eigenvalue weighted by atomic mass is 35.5. The second kappa shape index (κ2) is 10.3. The SMILES string of the molecule is CC(C)(C)OC(=O)N1CCN(n2c(C(Nc3nc(N)nc(N)c3C#N)C3CC3)nc3cccc(Cl)c3c2=O)CC1. The van der Waals surface area contributed by atoms with E-state index >= 15 is 0 Å². The topological polar surface area (TPSA) is 181 Å². The van der Waals surface area contributed by atoms with Gasteiger partial charge in [-0.25, -0.2) is 14.5 Å². The summed E-state index contributed by atoms with van der Waals surface area (Å²) in [6.45, 7) is 6.87. The van der Waals surface area contributed by atoms with Gasteiger partial charge in [0.05, 0.1) is 35.1 Å². The maximum absolute atomic E-state index is 14.0. The van der Waals surface area contributed by atoms with Crippen molar-refractivity contribution in [1.29, 1.82) is 5.26 Å². The van der Waals surface area contributed by atoms with E-state index in [4.69, 9.17) is 32.8 Å². The Bertz CT molecular complexity index is 1570. The molecule has 1 aromatic carbocycles. The predicted molar refractivity (Wildman–Crippen MR) is 151 cm³/mol. The minimum Gasteiger partial charge on any atom is -0.444 e. The van der Waals surface area contributed by atoms with Gasteiger partial charge in [0.1, 0.15) is 23.1 Å². The van der Waals surface area contributed by atoms with Crippen LogP contribution in [0.2, 0.25) is 5.02 Å². The molecule has 14 heteroatoms. The molecule has 40 heavy (non-hydrogen) atoms. The van der Waals surface area contributed by atoms with Crippen LogP contribution in [0.1, 0.15) is 51.0 Å². The normalized spacial score (nSPS) is 16.5. The van der Waals surface area contributed by atoms with E-state index in [0.717, 1.165) is 12.8 Å². The van der Waals surface area contributed by atoms with Crippen molar-refractivity contribution in [2.75, 3.05) is 48.0 Å². The summed E-state index contributed by atoms with van der Waals surface area (Å²) in [7, 11) is 0. The zero-order chi connectivity index (χ0) is 28.8. The molecule has 13 nitrogen and oxygen atoms in total. The number of hydrogen-bond acceptors (Lipinski definition) is 11. The summed E-state index contributed by atoms with van der Waals surface area (Å²) in [5, 5.41) is 15.5. The highest BCUT2D eigenvalue weighted by Crippen LogP contribution is 2.43. The number of carbonyl (C=O) groups excluding carboxylic acids is 1. The molecule has 1 saturated carbocycles. The van der Waals surface area contributed by atoms with Crippen LogP contribution in [0.4, 0.5) is 22.4 Å². The molecule has 0 radical (unpaired) electrons. The van der Waals surface area contributed by atoms with Crippen LogP contribution in [0.5, 0.6) is 0 Å². The monoisotopic (exact) mass is 566 g/mol. The van der Waals surface area contributed by atoms with Gasteiger partial charge in [-0.1, -0.05) is 17.7 Å². The lowest BCUT2D eigenvalue weighted by molar-refractivity contribution is 0.0231. The maximum Gasteiger partial charge on any atom is 0.410 e. The van der Waals surface area contributed by atoms with Gasteiger partial charge in [-0.3, -0.25) is 4.79 Å². The van der Waals surface area contributed by atoms with Crippen molar-refractivity contribution in [2.24, 2.45) is 5.92 Å². The smallest absolute Gasteiger partial charge is 0.410 e. The highest BCUT2D eigenvalue weighted by Gasteiger charge is 2.38. The molecule has 0 bridgehead atoms. The number of aromatic nitrogens is 4. The fourth-order valence-electron chi connectivity index (χ4n) is 4.76. The molecule has 1 saturated heterocycles. The van der Waals surface area contributed by atoms with Crippen LogP contribution < -0.4 is 27.4 Å². The molecule has 1 amide bonds. The van der Waals surface area contributed by atoms with E-state index in [1.165, 1.54) is 4.68 Å². The van der Waals surface area contributed by atoms with Crippen LogP contribution in [-0.4, -0.2) is 62.4 Å². The standard InChI is InChI=1S/C26H31ClN10O3/c1-26(2,3)40-25(39)35-9-11-36(12-10-35)37-22(31-17-6-4-5-16(27)18(17)23(37)38)19(14-7-8-14)32-21-15(13-28)20(29)33-24(30)34-21/h4-6,14,19H,7-12H2,1-3H3,(H5,29,30,32,33,34). The number of nitrogens with two attached hydrogens (primary N) is 2. The van der Waals surface area contributed by atoms with E-state index in [2.05, 4.69) is 15.3 Å². The second-order valence-corrected chi connectivity index (χ2v) is 11.3. The molecular weight excluding hydrogens is 536 g/mol. The number of fused-ring (bicyclic) bond motifs is 1. The van der Waals surface area contributed by atoms with Crippen molar-refractivity contribution in [1.82, 2.24) is 24.5 Å². The zero-order valence-corrected chi connectivity index (χ0v) is 23.3. The average molecular weight is 567 g/mol. The van der Waals surface area contributed by atoms with Gasteiger partial charge >= 0.3 is 6.09 Å². The minimum absolute atomic E-state index is 0.0408. The number of ether oxygens (including phenoxy) is 1. The van der Waals surface area contributed by atoms with Crippen molar-refractivity contribution in [3.63, 3.8) is 0 Å². The number of nitrogens with zero attached hydrogens (tertiary/aromatic N) is 7.